The zero-order chi connectivity index (χ0) is 24.8. The molecule has 0 bridgehead atoms. The van der Waals surface area contributed by atoms with E-state index in [1.165, 1.54) is 60.8 Å². The molecule has 0 N–H and O–H groups in total. The van der Waals surface area contributed by atoms with Crippen LogP contribution in [0.4, 0.5) is 0 Å². The first-order chi connectivity index (χ1) is 17.7. The molecule has 0 fully saturated rings. The normalized spacial score (nSPS) is 13.9. The van der Waals surface area contributed by atoms with E-state index in [1.807, 2.05) is 24.3 Å². The first-order valence-electron chi connectivity index (χ1n) is 13.5. The molecule has 0 aliphatic carbocycles. The van der Waals surface area contributed by atoms with Crippen LogP contribution in [0.25, 0.3) is 0 Å². The van der Waals surface area contributed by atoms with E-state index in [4.69, 9.17) is 9.47 Å². The first-order valence-corrected chi connectivity index (χ1v) is 13.5. The number of unbranched alkanes of at least 4 members (excludes halogenated alkanes) is 2. The largest absolute Gasteiger partial charge is 0.457 e. The van der Waals surface area contributed by atoms with Crippen molar-refractivity contribution in [1.82, 2.24) is 0 Å². The third kappa shape index (κ3) is 4.78. The van der Waals surface area contributed by atoms with Gasteiger partial charge in [0.15, 0.2) is 0 Å². The van der Waals surface area contributed by atoms with Gasteiger partial charge in [-0.25, -0.2) is 0 Å². The van der Waals surface area contributed by atoms with Gasteiger partial charge < -0.3 is 9.47 Å². The molecule has 184 valence electrons. The summed E-state index contributed by atoms with van der Waals surface area (Å²) in [6.07, 6.45) is 8.38. The lowest BCUT2D eigenvalue weighted by Gasteiger charge is -2.40. The molecule has 0 saturated carbocycles. The lowest BCUT2D eigenvalue weighted by atomic mass is 9.66. The summed E-state index contributed by atoms with van der Waals surface area (Å²) in [6, 6.07) is 33.7. The Kier molecular flexibility index (Phi) is 7.41. The third-order valence-corrected chi connectivity index (χ3v) is 7.49. The van der Waals surface area contributed by atoms with E-state index in [0.717, 1.165) is 29.4 Å². The van der Waals surface area contributed by atoms with Gasteiger partial charge in [-0.05, 0) is 48.2 Å². The maximum Gasteiger partial charge on any atom is 0.131 e. The van der Waals surface area contributed by atoms with Gasteiger partial charge in [-0.1, -0.05) is 112 Å². The molecule has 6 rings (SSSR count). The van der Waals surface area contributed by atoms with Crippen molar-refractivity contribution in [2.45, 2.75) is 64.2 Å². The first kappa shape index (κ1) is 24.2. The van der Waals surface area contributed by atoms with Gasteiger partial charge in [-0.15, -0.1) is 0 Å². The minimum atomic E-state index is 0.122. The maximum absolute atomic E-state index is 6.19. The molecule has 2 aliphatic rings. The highest BCUT2D eigenvalue weighted by molar-refractivity contribution is 5.57. The van der Waals surface area contributed by atoms with Crippen molar-refractivity contribution in [3.8, 4) is 23.0 Å². The molecule has 4 aromatic carbocycles. The second-order valence-corrected chi connectivity index (χ2v) is 9.88. The number of para-hydroxylation sites is 4. The van der Waals surface area contributed by atoms with E-state index in [-0.39, 0.29) is 5.41 Å². The second kappa shape index (κ2) is 11.0. The Morgan fingerprint density at radius 2 is 0.917 bits per heavy atom. The molecule has 2 heterocycles. The number of fused-ring (bicyclic) bond motifs is 4. The van der Waals surface area contributed by atoms with E-state index in [2.05, 4.69) is 86.6 Å². The molecule has 36 heavy (non-hydrogen) atoms. The molecule has 0 aromatic heterocycles. The SMILES string of the molecule is CCCCC1(CCCC)c2ccccc2Oc2ccccc21.c1ccc2c(c1)Cc1ccccc1O2. The van der Waals surface area contributed by atoms with Gasteiger partial charge in [0.2, 0.25) is 0 Å². The second-order valence-electron chi connectivity index (χ2n) is 9.88. The monoisotopic (exact) mass is 476 g/mol. The Hall–Kier alpha value is -3.52. The van der Waals surface area contributed by atoms with Crippen LogP contribution >= 0.6 is 0 Å². The quantitative estimate of drug-likeness (QED) is 0.243. The van der Waals surface area contributed by atoms with Crippen LogP contribution in [0.2, 0.25) is 0 Å². The molecule has 0 unspecified atom stereocenters. The van der Waals surface area contributed by atoms with Crippen molar-refractivity contribution >= 4 is 0 Å². The number of rotatable bonds is 6. The van der Waals surface area contributed by atoms with Crippen molar-refractivity contribution in [2.75, 3.05) is 0 Å². The third-order valence-electron chi connectivity index (χ3n) is 7.49. The summed E-state index contributed by atoms with van der Waals surface area (Å²) in [6.45, 7) is 4.56. The molecule has 0 radical (unpaired) electrons. The molecule has 0 spiro atoms. The Labute approximate surface area is 215 Å². The van der Waals surface area contributed by atoms with Crippen molar-refractivity contribution in [1.29, 1.82) is 0 Å². The highest BCUT2D eigenvalue weighted by Gasteiger charge is 2.40. The number of benzene rings is 4. The molecule has 4 aromatic rings. The summed E-state index contributed by atoms with van der Waals surface area (Å²) in [5.74, 6) is 4.08. The molecular formula is C34H36O2. The number of hydrogen-bond acceptors (Lipinski definition) is 2. The van der Waals surface area contributed by atoms with Gasteiger partial charge in [-0.3, -0.25) is 0 Å². The summed E-state index contributed by atoms with van der Waals surface area (Å²) >= 11 is 0. The van der Waals surface area contributed by atoms with Crippen LogP contribution in [-0.4, -0.2) is 0 Å². The molecular weight excluding hydrogens is 440 g/mol. The van der Waals surface area contributed by atoms with Gasteiger partial charge in [0.05, 0.1) is 0 Å². The Morgan fingerprint density at radius 1 is 0.528 bits per heavy atom. The van der Waals surface area contributed by atoms with E-state index in [0.29, 0.717) is 0 Å². The minimum absolute atomic E-state index is 0.122. The fraction of sp³-hybridized carbons (Fsp3) is 0.294. The standard InChI is InChI=1S/C21H26O.C13H10O/c1-3-5-15-21(16-6-4-2)17-11-7-9-13-19(17)22-20-14-10-8-12-18(20)21;1-3-7-12-10(5-1)9-11-6-2-4-8-13(11)14-12/h7-14H,3-6,15-16H2,1-2H3;1-8H,9H2. The fourth-order valence-electron chi connectivity index (χ4n) is 5.61. The fourth-order valence-corrected chi connectivity index (χ4v) is 5.61. The van der Waals surface area contributed by atoms with Crippen LogP contribution in [-0.2, 0) is 11.8 Å². The predicted molar refractivity (Wildman–Crippen MR) is 149 cm³/mol. The van der Waals surface area contributed by atoms with Gasteiger partial charge in [0.25, 0.3) is 0 Å². The van der Waals surface area contributed by atoms with E-state index >= 15 is 0 Å². The highest BCUT2D eigenvalue weighted by atomic mass is 16.5. The van der Waals surface area contributed by atoms with Crippen LogP contribution in [0.15, 0.2) is 97.1 Å². The molecule has 2 nitrogen and oxygen atoms in total. The summed E-state index contributed by atoms with van der Waals surface area (Å²) in [5.41, 5.74) is 5.43. The van der Waals surface area contributed by atoms with Gasteiger partial charge >= 0.3 is 0 Å². The van der Waals surface area contributed by atoms with Crippen LogP contribution in [0.3, 0.4) is 0 Å². The van der Waals surface area contributed by atoms with Gasteiger partial charge in [-0.2, -0.15) is 0 Å². The highest BCUT2D eigenvalue weighted by Crippen LogP contribution is 2.52. The molecule has 2 heteroatoms. The van der Waals surface area contributed by atoms with E-state index in [9.17, 15) is 0 Å². The van der Waals surface area contributed by atoms with Crippen LogP contribution < -0.4 is 9.47 Å². The smallest absolute Gasteiger partial charge is 0.131 e. The average Bonchev–Trinajstić information content (AvgIpc) is 2.94. The average molecular weight is 477 g/mol. The van der Waals surface area contributed by atoms with E-state index in [1.54, 1.807) is 0 Å². The lowest BCUT2D eigenvalue weighted by molar-refractivity contribution is 0.343. The zero-order valence-electron chi connectivity index (χ0n) is 21.5. The van der Waals surface area contributed by atoms with Crippen molar-refractivity contribution in [3.63, 3.8) is 0 Å². The van der Waals surface area contributed by atoms with Gasteiger partial charge in [0.1, 0.15) is 23.0 Å². The van der Waals surface area contributed by atoms with E-state index < -0.39 is 0 Å². The Morgan fingerprint density at radius 3 is 1.39 bits per heavy atom. The maximum atomic E-state index is 6.19. The van der Waals surface area contributed by atoms with Crippen LogP contribution in [0.1, 0.15) is 74.6 Å². The van der Waals surface area contributed by atoms with Crippen molar-refractivity contribution in [3.05, 3.63) is 119 Å². The molecule has 2 aliphatic heterocycles. The molecule has 0 saturated heterocycles. The van der Waals surface area contributed by atoms with Crippen LogP contribution in [0.5, 0.6) is 23.0 Å². The van der Waals surface area contributed by atoms with Gasteiger partial charge in [0, 0.05) is 23.0 Å². The van der Waals surface area contributed by atoms with Crippen molar-refractivity contribution < 1.29 is 9.47 Å². The molecule has 0 amide bonds. The molecule has 0 atom stereocenters. The summed E-state index contributed by atoms with van der Waals surface area (Å²) in [7, 11) is 0. The number of hydrogen-bond donors (Lipinski definition) is 0. The zero-order valence-corrected chi connectivity index (χ0v) is 21.5. The van der Waals surface area contributed by atoms with Crippen molar-refractivity contribution in [2.24, 2.45) is 0 Å². The summed E-state index contributed by atoms with van der Waals surface area (Å²) in [5, 5.41) is 0. The summed E-state index contributed by atoms with van der Waals surface area (Å²) in [4.78, 5) is 0. The number of ether oxygens (including phenoxy) is 2. The van der Waals surface area contributed by atoms with Crippen LogP contribution in [0, 0.1) is 0 Å². The topological polar surface area (TPSA) is 18.5 Å². The Balaban J connectivity index is 0.000000163. The lowest BCUT2D eigenvalue weighted by Crippen LogP contribution is -2.31. The Bertz CT molecular complexity index is 1160. The predicted octanol–water partition coefficient (Wildman–Crippen LogP) is 9.84. The minimum Gasteiger partial charge on any atom is -0.457 e. The summed E-state index contributed by atoms with van der Waals surface area (Å²) < 4.78 is 12.0.